The highest BCUT2D eigenvalue weighted by Gasteiger charge is 2.26. The summed E-state index contributed by atoms with van der Waals surface area (Å²) in [6.07, 6.45) is 3.11. The van der Waals surface area contributed by atoms with Crippen molar-refractivity contribution >= 4 is 11.9 Å². The average Bonchev–Trinajstić information content (AvgIpc) is 2.98. The highest BCUT2D eigenvalue weighted by atomic mass is 16.5. The number of rotatable bonds is 3. The Balaban J connectivity index is 1.94. The first-order valence-corrected chi connectivity index (χ1v) is 6.20. The van der Waals surface area contributed by atoms with E-state index in [4.69, 9.17) is 4.74 Å². The van der Waals surface area contributed by atoms with E-state index >= 15 is 0 Å². The molecule has 1 atom stereocenters. The van der Waals surface area contributed by atoms with E-state index in [1.165, 1.54) is 0 Å². The molecule has 1 aliphatic heterocycles. The lowest BCUT2D eigenvalue weighted by molar-refractivity contribution is -0.138. The van der Waals surface area contributed by atoms with E-state index in [1.54, 1.807) is 41.8 Å². The predicted octanol–water partition coefficient (Wildman–Crippen LogP) is 1.19. The highest BCUT2D eigenvalue weighted by molar-refractivity contribution is 5.91. The van der Waals surface area contributed by atoms with Crippen LogP contribution in [-0.2, 0) is 16.6 Å². The molecule has 5 heteroatoms. The largest absolute Gasteiger partial charge is 0.448 e. The lowest BCUT2D eigenvalue weighted by atomic mass is 10.3. The summed E-state index contributed by atoms with van der Waals surface area (Å²) in [4.78, 5) is 25.6. The first kappa shape index (κ1) is 12.7. The van der Waals surface area contributed by atoms with E-state index in [-0.39, 0.29) is 5.91 Å². The van der Waals surface area contributed by atoms with Gasteiger partial charge < -0.3 is 14.2 Å². The van der Waals surface area contributed by atoms with Gasteiger partial charge in [0.2, 0.25) is 0 Å². The fraction of sp³-hybridized carbons (Fsp3) is 0.538. The van der Waals surface area contributed by atoms with Crippen molar-refractivity contribution in [1.82, 2.24) is 9.47 Å². The number of carbonyl (C=O) groups is 2. The molecule has 1 fully saturated rings. The summed E-state index contributed by atoms with van der Waals surface area (Å²) in [5, 5.41) is 0. The Morgan fingerprint density at radius 1 is 1.33 bits per heavy atom. The summed E-state index contributed by atoms with van der Waals surface area (Å²) in [6.45, 7) is 3.16. The van der Waals surface area contributed by atoms with Crippen molar-refractivity contribution in [1.29, 1.82) is 0 Å². The second-order valence-corrected chi connectivity index (χ2v) is 4.58. The average molecular weight is 250 g/mol. The maximum absolute atomic E-state index is 12.0. The van der Waals surface area contributed by atoms with Crippen molar-refractivity contribution in [3.8, 4) is 0 Å². The summed E-state index contributed by atoms with van der Waals surface area (Å²) in [7, 11) is 1.77. The molecule has 2 rings (SSSR count). The number of aryl methyl sites for hydroxylation is 1. The molecule has 18 heavy (non-hydrogen) atoms. The number of carbonyl (C=O) groups excluding carboxylic acids is 2. The molecule has 1 saturated heterocycles. The molecule has 0 bridgehead atoms. The van der Waals surface area contributed by atoms with E-state index in [0.717, 1.165) is 25.9 Å². The van der Waals surface area contributed by atoms with Gasteiger partial charge in [0, 0.05) is 26.3 Å². The third kappa shape index (κ3) is 2.55. The molecule has 1 aromatic heterocycles. The Morgan fingerprint density at radius 3 is 2.56 bits per heavy atom. The molecule has 0 radical (unpaired) electrons. The quantitative estimate of drug-likeness (QED) is 0.757. The molecule has 0 aromatic carbocycles. The zero-order valence-corrected chi connectivity index (χ0v) is 10.8. The molecule has 0 N–H and O–H groups in total. The van der Waals surface area contributed by atoms with Gasteiger partial charge in [-0.25, -0.2) is 4.79 Å². The molecule has 2 heterocycles. The van der Waals surface area contributed by atoms with Crippen LogP contribution in [0.25, 0.3) is 0 Å². The zero-order valence-electron chi connectivity index (χ0n) is 10.8. The first-order valence-electron chi connectivity index (χ1n) is 6.20. The lowest BCUT2D eigenvalue weighted by Crippen LogP contribution is -2.38. The van der Waals surface area contributed by atoms with Crippen molar-refractivity contribution in [3.05, 3.63) is 24.0 Å². The SMILES string of the molecule is CC(OC(=O)c1cccn1C)C(=O)N1CCCC1. The summed E-state index contributed by atoms with van der Waals surface area (Å²) < 4.78 is 6.87. The highest BCUT2D eigenvalue weighted by Crippen LogP contribution is 2.12. The number of amides is 1. The number of ether oxygens (including phenoxy) is 1. The van der Waals surface area contributed by atoms with Crippen LogP contribution in [0.5, 0.6) is 0 Å². The van der Waals surface area contributed by atoms with E-state index in [9.17, 15) is 9.59 Å². The van der Waals surface area contributed by atoms with Crippen LogP contribution in [0.4, 0.5) is 0 Å². The Bertz CT molecular complexity index is 447. The van der Waals surface area contributed by atoms with Crippen LogP contribution < -0.4 is 0 Å². The minimum atomic E-state index is -0.717. The monoisotopic (exact) mass is 250 g/mol. The standard InChI is InChI=1S/C13H18N2O3/c1-10(12(16)15-8-3-4-9-15)18-13(17)11-6-5-7-14(11)2/h5-7,10H,3-4,8-9H2,1-2H3. The van der Waals surface area contributed by atoms with Gasteiger partial charge in [-0.2, -0.15) is 0 Å². The summed E-state index contributed by atoms with van der Waals surface area (Å²) >= 11 is 0. The molecule has 1 aliphatic rings. The van der Waals surface area contributed by atoms with Gasteiger partial charge in [-0.15, -0.1) is 0 Å². The first-order chi connectivity index (χ1) is 8.59. The number of hydrogen-bond donors (Lipinski definition) is 0. The molecule has 0 spiro atoms. The van der Waals surface area contributed by atoms with Gasteiger partial charge in [-0.3, -0.25) is 4.79 Å². The van der Waals surface area contributed by atoms with Crippen molar-refractivity contribution in [2.75, 3.05) is 13.1 Å². The van der Waals surface area contributed by atoms with Crippen molar-refractivity contribution in [3.63, 3.8) is 0 Å². The number of likely N-dealkylation sites (tertiary alicyclic amines) is 1. The molecule has 1 amide bonds. The molecule has 98 valence electrons. The molecular weight excluding hydrogens is 232 g/mol. The molecule has 0 saturated carbocycles. The van der Waals surface area contributed by atoms with Gasteiger partial charge in [0.1, 0.15) is 5.69 Å². The normalized spacial score (nSPS) is 16.7. The lowest BCUT2D eigenvalue weighted by Gasteiger charge is -2.20. The van der Waals surface area contributed by atoms with Gasteiger partial charge in [0.15, 0.2) is 6.10 Å². The molecule has 5 nitrogen and oxygen atoms in total. The Hall–Kier alpha value is -1.78. The smallest absolute Gasteiger partial charge is 0.355 e. The Kier molecular flexibility index (Phi) is 3.69. The predicted molar refractivity (Wildman–Crippen MR) is 66.1 cm³/mol. The minimum absolute atomic E-state index is 0.102. The van der Waals surface area contributed by atoms with E-state index in [0.29, 0.717) is 5.69 Å². The van der Waals surface area contributed by atoms with E-state index in [2.05, 4.69) is 0 Å². The fourth-order valence-corrected chi connectivity index (χ4v) is 2.14. The van der Waals surface area contributed by atoms with Crippen molar-refractivity contribution in [2.24, 2.45) is 7.05 Å². The second-order valence-electron chi connectivity index (χ2n) is 4.58. The van der Waals surface area contributed by atoms with E-state index in [1.807, 2.05) is 0 Å². The van der Waals surface area contributed by atoms with Crippen LogP contribution in [0.1, 0.15) is 30.3 Å². The van der Waals surface area contributed by atoms with Crippen LogP contribution in [0.2, 0.25) is 0 Å². The Morgan fingerprint density at radius 2 is 2.00 bits per heavy atom. The van der Waals surface area contributed by atoms with Crippen LogP contribution >= 0.6 is 0 Å². The molecule has 0 aliphatic carbocycles. The van der Waals surface area contributed by atoms with Crippen molar-refractivity contribution < 1.29 is 14.3 Å². The molecular formula is C13H18N2O3. The van der Waals surface area contributed by atoms with Gasteiger partial charge in [-0.1, -0.05) is 0 Å². The number of nitrogens with zero attached hydrogens (tertiary/aromatic N) is 2. The summed E-state index contributed by atoms with van der Waals surface area (Å²) in [5.74, 6) is -0.558. The van der Waals surface area contributed by atoms with Crippen molar-refractivity contribution in [2.45, 2.75) is 25.9 Å². The summed E-state index contributed by atoms with van der Waals surface area (Å²) in [6, 6.07) is 3.44. The van der Waals surface area contributed by atoms with Crippen LogP contribution in [0.3, 0.4) is 0 Å². The third-order valence-corrected chi connectivity index (χ3v) is 3.20. The third-order valence-electron chi connectivity index (χ3n) is 3.20. The van der Waals surface area contributed by atoms with Crippen LogP contribution in [0, 0.1) is 0 Å². The zero-order chi connectivity index (χ0) is 13.1. The van der Waals surface area contributed by atoms with Gasteiger partial charge in [0.05, 0.1) is 0 Å². The second kappa shape index (κ2) is 5.25. The number of hydrogen-bond acceptors (Lipinski definition) is 3. The number of aromatic nitrogens is 1. The topological polar surface area (TPSA) is 51.5 Å². The van der Waals surface area contributed by atoms with E-state index < -0.39 is 12.1 Å². The fourth-order valence-electron chi connectivity index (χ4n) is 2.14. The number of esters is 1. The maximum Gasteiger partial charge on any atom is 0.355 e. The molecule has 1 unspecified atom stereocenters. The Labute approximate surface area is 106 Å². The van der Waals surface area contributed by atoms with Crippen LogP contribution in [-0.4, -0.2) is 40.5 Å². The maximum atomic E-state index is 12.0. The van der Waals surface area contributed by atoms with Crippen LogP contribution in [0.15, 0.2) is 18.3 Å². The minimum Gasteiger partial charge on any atom is -0.448 e. The molecule has 1 aromatic rings. The van der Waals surface area contributed by atoms with Gasteiger partial charge in [-0.05, 0) is 31.9 Å². The summed E-state index contributed by atoms with van der Waals surface area (Å²) in [5.41, 5.74) is 0.455. The van der Waals surface area contributed by atoms with Gasteiger partial charge in [0.25, 0.3) is 5.91 Å². The van der Waals surface area contributed by atoms with Gasteiger partial charge >= 0.3 is 5.97 Å².